The Kier molecular flexibility index (Phi) is 4.83. The number of thiophene rings is 1. The molecule has 0 fully saturated rings. The van der Waals surface area contributed by atoms with E-state index in [1.807, 2.05) is 20.8 Å². The van der Waals surface area contributed by atoms with Crippen LogP contribution in [0.5, 0.6) is 0 Å². The van der Waals surface area contributed by atoms with Gasteiger partial charge in [-0.2, -0.15) is 0 Å². The van der Waals surface area contributed by atoms with Crippen LogP contribution in [0.15, 0.2) is 14.1 Å². The van der Waals surface area contributed by atoms with Gasteiger partial charge in [-0.15, -0.1) is 11.3 Å². The summed E-state index contributed by atoms with van der Waals surface area (Å²) in [7, 11) is -3.45. The highest BCUT2D eigenvalue weighted by Crippen LogP contribution is 2.34. The molecule has 1 heterocycles. The quantitative estimate of drug-likeness (QED) is 0.907. The Bertz CT molecular complexity index is 450. The fourth-order valence-corrected chi connectivity index (χ4v) is 4.71. The van der Waals surface area contributed by atoms with Crippen molar-refractivity contribution in [3.63, 3.8) is 0 Å². The van der Waals surface area contributed by atoms with Gasteiger partial charge in [-0.25, -0.2) is 13.1 Å². The summed E-state index contributed by atoms with van der Waals surface area (Å²) in [5.74, 6) is 0.244. The molecule has 0 spiro atoms. The number of hydrogen-bond donors (Lipinski definition) is 1. The van der Waals surface area contributed by atoms with Crippen LogP contribution in [-0.4, -0.2) is 14.5 Å². The maximum absolute atomic E-state index is 11.9. The summed E-state index contributed by atoms with van der Waals surface area (Å²) in [4.78, 5) is 0. The first kappa shape index (κ1) is 14.4. The van der Waals surface area contributed by atoms with Crippen molar-refractivity contribution < 1.29 is 8.42 Å². The van der Waals surface area contributed by atoms with Gasteiger partial charge in [0.15, 0.2) is 0 Å². The SMILES string of the molecule is CC(C)C(C)NS(=O)(=O)c1cc(Cl)c(Br)s1. The molecule has 1 rings (SSSR count). The van der Waals surface area contributed by atoms with Gasteiger partial charge in [-0.05, 0) is 34.8 Å². The molecular weight excluding hydrogens is 334 g/mol. The van der Waals surface area contributed by atoms with Crippen LogP contribution in [-0.2, 0) is 10.0 Å². The molecule has 3 nitrogen and oxygen atoms in total. The summed E-state index contributed by atoms with van der Waals surface area (Å²) >= 11 is 10.1. The van der Waals surface area contributed by atoms with Crippen LogP contribution >= 0.6 is 38.9 Å². The number of sulfonamides is 1. The van der Waals surface area contributed by atoms with E-state index in [2.05, 4.69) is 20.7 Å². The van der Waals surface area contributed by atoms with E-state index in [4.69, 9.17) is 11.6 Å². The average Bonchev–Trinajstić information content (AvgIpc) is 2.47. The van der Waals surface area contributed by atoms with Gasteiger partial charge < -0.3 is 0 Å². The normalized spacial score (nSPS) is 14.4. The second-order valence-corrected chi connectivity index (χ2v) is 8.56. The van der Waals surface area contributed by atoms with Gasteiger partial charge in [0.05, 0.1) is 8.81 Å². The highest BCUT2D eigenvalue weighted by Gasteiger charge is 2.22. The average molecular weight is 347 g/mol. The Labute approximate surface area is 113 Å². The van der Waals surface area contributed by atoms with Crippen molar-refractivity contribution in [2.75, 3.05) is 0 Å². The highest BCUT2D eigenvalue weighted by molar-refractivity contribution is 9.11. The smallest absolute Gasteiger partial charge is 0.207 e. The monoisotopic (exact) mass is 345 g/mol. The van der Waals surface area contributed by atoms with Crippen molar-refractivity contribution in [1.82, 2.24) is 4.72 Å². The molecule has 1 unspecified atom stereocenters. The molecule has 0 aliphatic rings. The summed E-state index contributed by atoms with van der Waals surface area (Å²) in [5.41, 5.74) is 0. The molecule has 0 amide bonds. The van der Waals surface area contributed by atoms with Gasteiger partial charge in [-0.3, -0.25) is 0 Å². The van der Waals surface area contributed by atoms with E-state index in [9.17, 15) is 8.42 Å². The first-order valence-electron chi connectivity index (χ1n) is 4.71. The Morgan fingerprint density at radius 3 is 2.38 bits per heavy atom. The molecule has 7 heteroatoms. The van der Waals surface area contributed by atoms with Crippen LogP contribution in [0, 0.1) is 5.92 Å². The highest BCUT2D eigenvalue weighted by atomic mass is 79.9. The van der Waals surface area contributed by atoms with Crippen LogP contribution in [0.3, 0.4) is 0 Å². The van der Waals surface area contributed by atoms with Gasteiger partial charge in [-0.1, -0.05) is 25.4 Å². The number of rotatable bonds is 4. The number of halogens is 2. The van der Waals surface area contributed by atoms with E-state index in [0.29, 0.717) is 8.81 Å². The van der Waals surface area contributed by atoms with Crippen LogP contribution in [0.1, 0.15) is 20.8 Å². The predicted molar refractivity (Wildman–Crippen MR) is 71.7 cm³/mol. The molecule has 0 aromatic carbocycles. The number of hydrogen-bond acceptors (Lipinski definition) is 3. The molecule has 0 saturated heterocycles. The van der Waals surface area contributed by atoms with Gasteiger partial charge in [0.1, 0.15) is 4.21 Å². The Hall–Kier alpha value is 0.380. The minimum absolute atomic E-state index is 0.107. The Balaban J connectivity index is 2.95. The lowest BCUT2D eigenvalue weighted by atomic mass is 10.1. The molecule has 0 aliphatic carbocycles. The minimum Gasteiger partial charge on any atom is -0.207 e. The van der Waals surface area contributed by atoms with Gasteiger partial charge in [0.25, 0.3) is 0 Å². The lowest BCUT2D eigenvalue weighted by Crippen LogP contribution is -2.35. The third kappa shape index (κ3) is 3.43. The molecule has 0 bridgehead atoms. The summed E-state index contributed by atoms with van der Waals surface area (Å²) in [6.07, 6.45) is 0. The molecular formula is C9H13BrClNO2S2. The first-order chi connectivity index (χ1) is 7.24. The maximum Gasteiger partial charge on any atom is 0.250 e. The number of nitrogens with one attached hydrogen (secondary N) is 1. The van der Waals surface area contributed by atoms with Crippen LogP contribution in [0.2, 0.25) is 5.02 Å². The van der Waals surface area contributed by atoms with E-state index < -0.39 is 10.0 Å². The zero-order valence-corrected chi connectivity index (χ0v) is 13.1. The maximum atomic E-state index is 11.9. The Morgan fingerprint density at radius 1 is 1.44 bits per heavy atom. The summed E-state index contributed by atoms with van der Waals surface area (Å²) in [6, 6.07) is 1.34. The molecule has 0 saturated carbocycles. The molecule has 0 radical (unpaired) electrons. The van der Waals surface area contributed by atoms with E-state index in [0.717, 1.165) is 11.3 Å². The van der Waals surface area contributed by atoms with Crippen LogP contribution < -0.4 is 4.72 Å². The predicted octanol–water partition coefficient (Wildman–Crippen LogP) is 3.49. The van der Waals surface area contributed by atoms with E-state index in [1.165, 1.54) is 6.07 Å². The largest absolute Gasteiger partial charge is 0.250 e. The van der Waals surface area contributed by atoms with Gasteiger partial charge in [0.2, 0.25) is 10.0 Å². The molecule has 1 aromatic heterocycles. The fraction of sp³-hybridized carbons (Fsp3) is 0.556. The van der Waals surface area contributed by atoms with Crippen molar-refractivity contribution >= 4 is 48.9 Å². The molecule has 1 atom stereocenters. The zero-order chi connectivity index (χ0) is 12.5. The minimum atomic E-state index is -3.45. The van der Waals surface area contributed by atoms with Gasteiger partial charge in [0, 0.05) is 6.04 Å². The van der Waals surface area contributed by atoms with Crippen molar-refractivity contribution in [3.8, 4) is 0 Å². The van der Waals surface area contributed by atoms with Crippen molar-refractivity contribution in [2.24, 2.45) is 5.92 Å². The second kappa shape index (κ2) is 5.35. The standard InChI is InChI=1S/C9H13BrClNO2S2/c1-5(2)6(3)12-16(13,14)8-4-7(11)9(10)15-8/h4-6,12H,1-3H3. The van der Waals surface area contributed by atoms with Crippen molar-refractivity contribution in [3.05, 3.63) is 14.9 Å². The molecule has 1 aromatic rings. The lowest BCUT2D eigenvalue weighted by Gasteiger charge is -2.16. The van der Waals surface area contributed by atoms with Crippen molar-refractivity contribution in [1.29, 1.82) is 0 Å². The first-order valence-corrected chi connectivity index (χ1v) is 8.18. The van der Waals surface area contributed by atoms with Gasteiger partial charge >= 0.3 is 0 Å². The summed E-state index contributed by atoms with van der Waals surface area (Å²) in [5, 5.41) is 0.419. The third-order valence-electron chi connectivity index (χ3n) is 2.23. The topological polar surface area (TPSA) is 46.2 Å². The zero-order valence-electron chi connectivity index (χ0n) is 9.12. The fourth-order valence-electron chi connectivity index (χ4n) is 0.898. The van der Waals surface area contributed by atoms with Crippen LogP contribution in [0.25, 0.3) is 0 Å². The lowest BCUT2D eigenvalue weighted by molar-refractivity contribution is 0.477. The van der Waals surface area contributed by atoms with Crippen LogP contribution in [0.4, 0.5) is 0 Å². The molecule has 92 valence electrons. The van der Waals surface area contributed by atoms with E-state index in [-0.39, 0.29) is 16.2 Å². The molecule has 16 heavy (non-hydrogen) atoms. The Morgan fingerprint density at radius 2 is 2.00 bits per heavy atom. The van der Waals surface area contributed by atoms with E-state index in [1.54, 1.807) is 0 Å². The second-order valence-electron chi connectivity index (χ2n) is 3.84. The molecule has 1 N–H and O–H groups in total. The third-order valence-corrected chi connectivity index (χ3v) is 6.74. The van der Waals surface area contributed by atoms with E-state index >= 15 is 0 Å². The summed E-state index contributed by atoms with van der Waals surface area (Å²) < 4.78 is 27.3. The molecule has 0 aliphatic heterocycles. The summed E-state index contributed by atoms with van der Waals surface area (Å²) in [6.45, 7) is 5.77. The van der Waals surface area contributed by atoms with Crippen molar-refractivity contribution in [2.45, 2.75) is 31.0 Å².